The van der Waals surface area contributed by atoms with Gasteiger partial charge in [-0.1, -0.05) is 18.2 Å². The Hall–Kier alpha value is -2.44. The SMILES string of the molecule is O=C(NNc1ccccn1)c1ccc(CC2OCCO2)cc1. The monoisotopic (exact) mass is 299 g/mol. The van der Waals surface area contributed by atoms with Crippen molar-refractivity contribution in [3.8, 4) is 0 Å². The molecule has 1 aromatic heterocycles. The highest BCUT2D eigenvalue weighted by Gasteiger charge is 2.16. The fourth-order valence-electron chi connectivity index (χ4n) is 2.14. The molecule has 2 aromatic rings. The molecule has 1 aromatic carbocycles. The molecule has 1 amide bonds. The van der Waals surface area contributed by atoms with Gasteiger partial charge in [0.1, 0.15) is 5.82 Å². The molecule has 0 atom stereocenters. The molecule has 1 fully saturated rings. The molecular weight excluding hydrogens is 282 g/mol. The Bertz CT molecular complexity index is 610. The third-order valence-corrected chi connectivity index (χ3v) is 3.28. The van der Waals surface area contributed by atoms with Gasteiger partial charge in [-0.3, -0.25) is 15.6 Å². The van der Waals surface area contributed by atoms with E-state index in [0.717, 1.165) is 5.56 Å². The first-order chi connectivity index (χ1) is 10.8. The van der Waals surface area contributed by atoms with Gasteiger partial charge in [-0.2, -0.15) is 0 Å². The Labute approximate surface area is 128 Å². The summed E-state index contributed by atoms with van der Waals surface area (Å²) in [6.45, 7) is 1.29. The molecule has 1 aliphatic heterocycles. The lowest BCUT2D eigenvalue weighted by Gasteiger charge is -2.10. The van der Waals surface area contributed by atoms with Gasteiger partial charge in [0.2, 0.25) is 0 Å². The van der Waals surface area contributed by atoms with Crippen LogP contribution in [0.5, 0.6) is 0 Å². The number of hydrogen-bond acceptors (Lipinski definition) is 5. The third-order valence-electron chi connectivity index (χ3n) is 3.28. The number of nitrogens with zero attached hydrogens (tertiary/aromatic N) is 1. The molecule has 2 heterocycles. The summed E-state index contributed by atoms with van der Waals surface area (Å²) in [6, 6.07) is 12.8. The van der Waals surface area contributed by atoms with Gasteiger partial charge in [0, 0.05) is 18.2 Å². The molecule has 6 nitrogen and oxygen atoms in total. The van der Waals surface area contributed by atoms with Gasteiger partial charge in [0.25, 0.3) is 5.91 Å². The molecule has 0 saturated carbocycles. The van der Waals surface area contributed by atoms with Crippen LogP contribution in [0.25, 0.3) is 0 Å². The second-order valence-electron chi connectivity index (χ2n) is 4.87. The summed E-state index contributed by atoms with van der Waals surface area (Å²) in [7, 11) is 0. The highest BCUT2D eigenvalue weighted by molar-refractivity contribution is 5.94. The van der Waals surface area contributed by atoms with Crippen molar-refractivity contribution in [1.29, 1.82) is 0 Å². The molecule has 6 heteroatoms. The molecule has 0 unspecified atom stereocenters. The molecule has 1 saturated heterocycles. The summed E-state index contributed by atoms with van der Waals surface area (Å²) in [5.74, 6) is 0.369. The van der Waals surface area contributed by atoms with Crippen LogP contribution >= 0.6 is 0 Å². The first kappa shape index (κ1) is 14.5. The number of nitrogens with one attached hydrogen (secondary N) is 2. The highest BCUT2D eigenvalue weighted by atomic mass is 16.7. The number of rotatable bonds is 5. The Morgan fingerprint density at radius 3 is 2.59 bits per heavy atom. The van der Waals surface area contributed by atoms with Crippen LogP contribution in [0.15, 0.2) is 48.7 Å². The van der Waals surface area contributed by atoms with Crippen molar-refractivity contribution < 1.29 is 14.3 Å². The molecule has 1 aliphatic rings. The lowest BCUT2D eigenvalue weighted by atomic mass is 10.1. The van der Waals surface area contributed by atoms with Crippen LogP contribution in [0.4, 0.5) is 5.82 Å². The van der Waals surface area contributed by atoms with E-state index in [4.69, 9.17) is 9.47 Å². The maximum atomic E-state index is 12.0. The van der Waals surface area contributed by atoms with Crippen molar-refractivity contribution in [2.24, 2.45) is 0 Å². The molecule has 0 radical (unpaired) electrons. The van der Waals surface area contributed by atoms with Crippen LogP contribution in [-0.4, -0.2) is 30.4 Å². The van der Waals surface area contributed by atoms with E-state index in [1.807, 2.05) is 24.3 Å². The van der Waals surface area contributed by atoms with E-state index < -0.39 is 0 Å². The predicted octanol–water partition coefficient (Wildman–Crippen LogP) is 1.75. The smallest absolute Gasteiger partial charge is 0.269 e. The second kappa shape index (κ2) is 7.02. The number of carbonyl (C=O) groups is 1. The van der Waals surface area contributed by atoms with Gasteiger partial charge in [-0.25, -0.2) is 4.98 Å². The maximum Gasteiger partial charge on any atom is 0.269 e. The summed E-state index contributed by atoms with van der Waals surface area (Å²) in [5, 5.41) is 0. The number of ether oxygens (including phenoxy) is 2. The average molecular weight is 299 g/mol. The van der Waals surface area contributed by atoms with E-state index in [9.17, 15) is 4.79 Å². The van der Waals surface area contributed by atoms with Gasteiger partial charge in [-0.05, 0) is 29.8 Å². The Morgan fingerprint density at radius 2 is 1.91 bits per heavy atom. The van der Waals surface area contributed by atoms with E-state index in [0.29, 0.717) is 31.0 Å². The van der Waals surface area contributed by atoms with Crippen molar-refractivity contribution in [2.45, 2.75) is 12.7 Å². The minimum atomic E-state index is -0.217. The van der Waals surface area contributed by atoms with Crippen molar-refractivity contribution in [2.75, 3.05) is 18.6 Å². The summed E-state index contributed by atoms with van der Waals surface area (Å²) in [6.07, 6.45) is 2.16. The lowest BCUT2D eigenvalue weighted by Crippen LogP contribution is -2.29. The topological polar surface area (TPSA) is 72.5 Å². The number of carbonyl (C=O) groups excluding carboxylic acids is 1. The molecule has 114 valence electrons. The molecule has 22 heavy (non-hydrogen) atoms. The molecule has 0 bridgehead atoms. The van der Waals surface area contributed by atoms with Crippen LogP contribution < -0.4 is 10.9 Å². The van der Waals surface area contributed by atoms with Crippen molar-refractivity contribution >= 4 is 11.7 Å². The van der Waals surface area contributed by atoms with Crippen LogP contribution in [-0.2, 0) is 15.9 Å². The van der Waals surface area contributed by atoms with E-state index in [-0.39, 0.29) is 12.2 Å². The Morgan fingerprint density at radius 1 is 1.14 bits per heavy atom. The first-order valence-electron chi connectivity index (χ1n) is 7.11. The number of hydrazine groups is 1. The zero-order valence-corrected chi connectivity index (χ0v) is 12.0. The zero-order chi connectivity index (χ0) is 15.2. The zero-order valence-electron chi connectivity index (χ0n) is 12.0. The van der Waals surface area contributed by atoms with Gasteiger partial charge < -0.3 is 9.47 Å². The van der Waals surface area contributed by atoms with Crippen molar-refractivity contribution in [3.63, 3.8) is 0 Å². The van der Waals surface area contributed by atoms with Gasteiger partial charge in [-0.15, -0.1) is 0 Å². The van der Waals surface area contributed by atoms with Crippen molar-refractivity contribution in [3.05, 3.63) is 59.8 Å². The predicted molar refractivity (Wildman–Crippen MR) is 81.2 cm³/mol. The quantitative estimate of drug-likeness (QED) is 0.823. The van der Waals surface area contributed by atoms with E-state index in [1.54, 1.807) is 24.4 Å². The van der Waals surface area contributed by atoms with Crippen LogP contribution in [0.3, 0.4) is 0 Å². The number of anilines is 1. The van der Waals surface area contributed by atoms with Crippen LogP contribution in [0.1, 0.15) is 15.9 Å². The normalized spacial score (nSPS) is 14.7. The number of pyridine rings is 1. The maximum absolute atomic E-state index is 12.0. The van der Waals surface area contributed by atoms with Gasteiger partial charge >= 0.3 is 0 Å². The summed E-state index contributed by atoms with van der Waals surface area (Å²) in [4.78, 5) is 16.1. The first-order valence-corrected chi connectivity index (χ1v) is 7.11. The summed E-state index contributed by atoms with van der Waals surface area (Å²) >= 11 is 0. The minimum Gasteiger partial charge on any atom is -0.350 e. The number of aromatic nitrogens is 1. The minimum absolute atomic E-state index is 0.175. The molecular formula is C16H17N3O3. The Kier molecular flexibility index (Phi) is 4.62. The number of benzene rings is 1. The number of hydrogen-bond donors (Lipinski definition) is 2. The third kappa shape index (κ3) is 3.81. The Balaban J connectivity index is 1.54. The van der Waals surface area contributed by atoms with Gasteiger partial charge in [0.15, 0.2) is 6.29 Å². The average Bonchev–Trinajstić information content (AvgIpc) is 3.07. The highest BCUT2D eigenvalue weighted by Crippen LogP contribution is 2.12. The molecule has 0 aliphatic carbocycles. The van der Waals surface area contributed by atoms with E-state index in [2.05, 4.69) is 15.8 Å². The molecule has 3 rings (SSSR count). The fourth-order valence-corrected chi connectivity index (χ4v) is 2.14. The summed E-state index contributed by atoms with van der Waals surface area (Å²) in [5.41, 5.74) is 7.01. The van der Waals surface area contributed by atoms with E-state index in [1.165, 1.54) is 0 Å². The summed E-state index contributed by atoms with van der Waals surface area (Å²) < 4.78 is 10.8. The second-order valence-corrected chi connectivity index (χ2v) is 4.87. The molecule has 2 N–H and O–H groups in total. The fraction of sp³-hybridized carbons (Fsp3) is 0.250. The van der Waals surface area contributed by atoms with Crippen LogP contribution in [0, 0.1) is 0 Å². The number of amides is 1. The van der Waals surface area contributed by atoms with Crippen molar-refractivity contribution in [1.82, 2.24) is 10.4 Å². The van der Waals surface area contributed by atoms with E-state index >= 15 is 0 Å². The lowest BCUT2D eigenvalue weighted by molar-refractivity contribution is -0.0399. The standard InChI is InChI=1S/C16H17N3O3/c20-16(19-18-14-3-1-2-8-17-14)13-6-4-12(5-7-13)11-15-21-9-10-22-15/h1-8,15H,9-11H2,(H,17,18)(H,19,20). The van der Waals surface area contributed by atoms with Crippen LogP contribution in [0.2, 0.25) is 0 Å². The largest absolute Gasteiger partial charge is 0.350 e. The van der Waals surface area contributed by atoms with Gasteiger partial charge in [0.05, 0.1) is 13.2 Å². The molecule has 0 spiro atoms.